The molecular weight excluding hydrogens is 414 g/mol. The van der Waals surface area contributed by atoms with Crippen molar-refractivity contribution in [2.24, 2.45) is 0 Å². The molecule has 3 rings (SSSR count). The Kier molecular flexibility index (Phi) is 5.56. The lowest BCUT2D eigenvalue weighted by Crippen LogP contribution is -2.17. The van der Waals surface area contributed by atoms with Gasteiger partial charge in [0, 0.05) is 17.7 Å². The van der Waals surface area contributed by atoms with Crippen LogP contribution in [0.15, 0.2) is 60.7 Å². The third-order valence-electron chi connectivity index (χ3n) is 3.70. The molecule has 0 spiro atoms. The highest BCUT2D eigenvalue weighted by molar-refractivity contribution is 5.62. The Morgan fingerprint density at radius 3 is 2.10 bits per heavy atom. The minimum Gasteiger partial charge on any atom is -0.439 e. The zero-order chi connectivity index (χ0) is 21.9. The lowest BCUT2D eigenvalue weighted by Gasteiger charge is -2.11. The summed E-state index contributed by atoms with van der Waals surface area (Å²) in [6.07, 6.45) is -9.38. The van der Waals surface area contributed by atoms with E-state index < -0.39 is 23.9 Å². The van der Waals surface area contributed by atoms with Crippen LogP contribution in [0.1, 0.15) is 11.1 Å². The second-order valence-corrected chi connectivity index (χ2v) is 5.89. The number of pyridine rings is 1. The van der Waals surface area contributed by atoms with Crippen molar-refractivity contribution in [3.05, 3.63) is 71.8 Å². The zero-order valence-corrected chi connectivity index (χ0v) is 14.8. The summed E-state index contributed by atoms with van der Waals surface area (Å²) in [5.74, 6) is -0.690. The molecule has 154 valence electrons. The maximum absolute atomic E-state index is 12.7. The second-order valence-electron chi connectivity index (χ2n) is 5.89. The molecule has 0 radical (unpaired) electrons. The summed E-state index contributed by atoms with van der Waals surface area (Å²) in [6, 6.07) is 13.2. The van der Waals surface area contributed by atoms with Gasteiger partial charge < -0.3 is 9.47 Å². The first kappa shape index (κ1) is 21.0. The van der Waals surface area contributed by atoms with Crippen LogP contribution in [-0.2, 0) is 6.18 Å². The first-order valence-electron chi connectivity index (χ1n) is 8.17. The average molecular weight is 424 g/mol. The molecule has 0 unspecified atom stereocenters. The molecule has 0 aliphatic carbocycles. The zero-order valence-electron chi connectivity index (χ0n) is 14.8. The Morgan fingerprint density at radius 2 is 1.50 bits per heavy atom. The Bertz CT molecular complexity index is 1090. The molecule has 0 amide bonds. The van der Waals surface area contributed by atoms with Crippen molar-refractivity contribution in [3.8, 4) is 34.7 Å². The van der Waals surface area contributed by atoms with E-state index in [1.165, 1.54) is 36.4 Å². The number of alkyl halides is 6. The van der Waals surface area contributed by atoms with Gasteiger partial charge in [0.05, 0.1) is 22.9 Å². The fraction of sp³-hybridized carbons (Fsp3) is 0.100. The standard InChI is InChI=1S/C20H10F6N2O2/c21-19(22,23)14-6-4-13(5-7-14)17-8-12(11-27)9-18(28-17)29-15-2-1-3-16(10-15)30-20(24,25)26/h1-10H. The highest BCUT2D eigenvalue weighted by Crippen LogP contribution is 2.32. The van der Waals surface area contributed by atoms with Crippen LogP contribution in [0, 0.1) is 11.3 Å². The van der Waals surface area contributed by atoms with E-state index in [4.69, 9.17) is 4.74 Å². The van der Waals surface area contributed by atoms with Crippen LogP contribution in [0.2, 0.25) is 0 Å². The fourth-order valence-electron chi connectivity index (χ4n) is 2.46. The summed E-state index contributed by atoms with van der Waals surface area (Å²) in [4.78, 5) is 4.13. The molecule has 0 saturated carbocycles. The first-order chi connectivity index (χ1) is 14.0. The lowest BCUT2D eigenvalue weighted by molar-refractivity contribution is -0.274. The number of nitrogens with zero attached hydrogens (tertiary/aromatic N) is 2. The van der Waals surface area contributed by atoms with E-state index in [-0.39, 0.29) is 22.9 Å². The van der Waals surface area contributed by atoms with Crippen molar-refractivity contribution in [3.63, 3.8) is 0 Å². The minimum atomic E-state index is -4.88. The number of hydrogen-bond donors (Lipinski definition) is 0. The van der Waals surface area contributed by atoms with E-state index in [9.17, 15) is 31.6 Å². The largest absolute Gasteiger partial charge is 0.573 e. The van der Waals surface area contributed by atoms with Crippen molar-refractivity contribution in [1.29, 1.82) is 5.26 Å². The van der Waals surface area contributed by atoms with Gasteiger partial charge in [-0.1, -0.05) is 18.2 Å². The number of aromatic nitrogens is 1. The van der Waals surface area contributed by atoms with Crippen LogP contribution < -0.4 is 9.47 Å². The van der Waals surface area contributed by atoms with Gasteiger partial charge in [-0.15, -0.1) is 13.2 Å². The van der Waals surface area contributed by atoms with Crippen molar-refractivity contribution in [1.82, 2.24) is 4.98 Å². The normalized spacial score (nSPS) is 11.6. The van der Waals surface area contributed by atoms with Gasteiger partial charge in [0.2, 0.25) is 5.88 Å². The van der Waals surface area contributed by atoms with E-state index in [0.29, 0.717) is 5.56 Å². The van der Waals surface area contributed by atoms with Gasteiger partial charge in [-0.05, 0) is 30.3 Å². The van der Waals surface area contributed by atoms with Crippen LogP contribution in [0.5, 0.6) is 17.4 Å². The maximum atomic E-state index is 12.7. The van der Waals surface area contributed by atoms with Crippen molar-refractivity contribution < 1.29 is 35.8 Å². The molecule has 0 fully saturated rings. The number of halogens is 6. The van der Waals surface area contributed by atoms with Gasteiger partial charge in [0.25, 0.3) is 0 Å². The summed E-state index contributed by atoms with van der Waals surface area (Å²) in [5.41, 5.74) is -0.308. The molecule has 1 heterocycles. The van der Waals surface area contributed by atoms with Crippen molar-refractivity contribution >= 4 is 0 Å². The fourth-order valence-corrected chi connectivity index (χ4v) is 2.46. The summed E-state index contributed by atoms with van der Waals surface area (Å²) in [6.45, 7) is 0. The molecule has 0 bridgehead atoms. The Morgan fingerprint density at radius 1 is 0.833 bits per heavy atom. The Balaban J connectivity index is 1.91. The molecule has 3 aromatic rings. The number of rotatable bonds is 4. The van der Waals surface area contributed by atoms with Gasteiger partial charge in [-0.2, -0.15) is 18.4 Å². The average Bonchev–Trinajstić information content (AvgIpc) is 2.66. The topological polar surface area (TPSA) is 55.1 Å². The van der Waals surface area contributed by atoms with Gasteiger partial charge in [-0.3, -0.25) is 0 Å². The summed E-state index contributed by atoms with van der Waals surface area (Å²) < 4.78 is 84.5. The van der Waals surface area contributed by atoms with Crippen molar-refractivity contribution in [2.45, 2.75) is 12.5 Å². The molecule has 10 heteroatoms. The van der Waals surface area contributed by atoms with Gasteiger partial charge in [-0.25, -0.2) is 4.98 Å². The molecule has 0 aliphatic heterocycles. The summed E-state index contributed by atoms with van der Waals surface area (Å²) in [5, 5.41) is 9.19. The molecule has 0 N–H and O–H groups in total. The molecule has 0 aliphatic rings. The molecule has 0 atom stereocenters. The van der Waals surface area contributed by atoms with Gasteiger partial charge >= 0.3 is 12.5 Å². The highest BCUT2D eigenvalue weighted by atomic mass is 19.4. The van der Waals surface area contributed by atoms with Gasteiger partial charge in [0.15, 0.2) is 0 Å². The Labute approximate surface area is 165 Å². The predicted molar refractivity (Wildman–Crippen MR) is 92.6 cm³/mol. The third-order valence-corrected chi connectivity index (χ3v) is 3.70. The van der Waals surface area contributed by atoms with Crippen molar-refractivity contribution in [2.75, 3.05) is 0 Å². The second kappa shape index (κ2) is 7.94. The first-order valence-corrected chi connectivity index (χ1v) is 8.17. The predicted octanol–water partition coefficient (Wildman–Crippen LogP) is 6.33. The number of hydrogen-bond acceptors (Lipinski definition) is 4. The number of ether oxygens (including phenoxy) is 2. The number of benzene rings is 2. The number of nitriles is 1. The van der Waals surface area contributed by atoms with E-state index in [2.05, 4.69) is 9.72 Å². The van der Waals surface area contributed by atoms with E-state index >= 15 is 0 Å². The molecule has 0 saturated heterocycles. The van der Waals surface area contributed by atoms with E-state index in [1.54, 1.807) is 0 Å². The van der Waals surface area contributed by atoms with Crippen LogP contribution >= 0.6 is 0 Å². The van der Waals surface area contributed by atoms with Crippen LogP contribution in [0.4, 0.5) is 26.3 Å². The highest BCUT2D eigenvalue weighted by Gasteiger charge is 2.31. The lowest BCUT2D eigenvalue weighted by atomic mass is 10.1. The van der Waals surface area contributed by atoms with Crippen LogP contribution in [-0.4, -0.2) is 11.3 Å². The Hall–Kier alpha value is -3.74. The minimum absolute atomic E-state index is 0.0438. The molecule has 4 nitrogen and oxygen atoms in total. The summed E-state index contributed by atoms with van der Waals surface area (Å²) in [7, 11) is 0. The summed E-state index contributed by atoms with van der Waals surface area (Å²) >= 11 is 0. The van der Waals surface area contributed by atoms with E-state index in [0.717, 1.165) is 24.3 Å². The van der Waals surface area contributed by atoms with Crippen LogP contribution in [0.25, 0.3) is 11.3 Å². The molecule has 2 aromatic carbocycles. The molecular formula is C20H10F6N2O2. The monoisotopic (exact) mass is 424 g/mol. The quantitative estimate of drug-likeness (QED) is 0.460. The molecule has 1 aromatic heterocycles. The maximum Gasteiger partial charge on any atom is 0.573 e. The smallest absolute Gasteiger partial charge is 0.439 e. The van der Waals surface area contributed by atoms with E-state index in [1.807, 2.05) is 6.07 Å². The van der Waals surface area contributed by atoms with Crippen LogP contribution in [0.3, 0.4) is 0 Å². The van der Waals surface area contributed by atoms with Gasteiger partial charge in [0.1, 0.15) is 11.5 Å². The molecule has 30 heavy (non-hydrogen) atoms. The third kappa shape index (κ3) is 5.41. The SMILES string of the molecule is N#Cc1cc(Oc2cccc(OC(F)(F)F)c2)nc(-c2ccc(C(F)(F)F)cc2)c1.